The zero-order chi connectivity index (χ0) is 17.6. The number of ether oxygens (including phenoxy) is 2. The second kappa shape index (κ2) is 7.96. The first-order valence-electron chi connectivity index (χ1n) is 8.48. The zero-order valence-electron chi connectivity index (χ0n) is 14.2. The van der Waals surface area contributed by atoms with Gasteiger partial charge in [0.25, 0.3) is 0 Å². The van der Waals surface area contributed by atoms with E-state index in [9.17, 15) is 9.90 Å². The summed E-state index contributed by atoms with van der Waals surface area (Å²) in [5, 5.41) is 9.39. The molecule has 3 rings (SSSR count). The third kappa shape index (κ3) is 3.90. The van der Waals surface area contributed by atoms with Crippen molar-refractivity contribution in [2.75, 3.05) is 13.7 Å². The van der Waals surface area contributed by atoms with Crippen LogP contribution in [0.5, 0.6) is 17.5 Å². The van der Waals surface area contributed by atoms with Crippen LogP contribution in [0.1, 0.15) is 47.5 Å². The van der Waals surface area contributed by atoms with E-state index in [1.165, 1.54) is 18.7 Å². The van der Waals surface area contributed by atoms with E-state index in [0.717, 1.165) is 24.8 Å². The number of hydrogen-bond acceptors (Lipinski definition) is 6. The molecule has 1 fully saturated rings. The fourth-order valence-corrected chi connectivity index (χ4v) is 3.53. The molecule has 0 amide bonds. The summed E-state index contributed by atoms with van der Waals surface area (Å²) in [7, 11) is 1.64. The molecule has 0 aromatic carbocycles. The minimum atomic E-state index is -0.190. The van der Waals surface area contributed by atoms with Gasteiger partial charge in [-0.2, -0.15) is 0 Å². The van der Waals surface area contributed by atoms with Crippen LogP contribution < -0.4 is 9.47 Å². The Hall–Kier alpha value is -2.63. The number of pyridine rings is 2. The molecule has 1 saturated carbocycles. The van der Waals surface area contributed by atoms with Gasteiger partial charge in [0, 0.05) is 23.7 Å². The Morgan fingerprint density at radius 2 is 2.16 bits per heavy atom. The maximum atomic E-state index is 11.2. The maximum absolute atomic E-state index is 11.2. The Labute approximate surface area is 146 Å². The zero-order valence-corrected chi connectivity index (χ0v) is 14.2. The molecule has 25 heavy (non-hydrogen) atoms. The van der Waals surface area contributed by atoms with Crippen LogP contribution in [0.3, 0.4) is 0 Å². The topological polar surface area (TPSA) is 81.5 Å². The van der Waals surface area contributed by atoms with Gasteiger partial charge >= 0.3 is 0 Å². The van der Waals surface area contributed by atoms with E-state index in [-0.39, 0.29) is 5.88 Å². The first-order valence-corrected chi connectivity index (χ1v) is 8.48. The van der Waals surface area contributed by atoms with Crippen molar-refractivity contribution in [1.82, 2.24) is 9.97 Å². The van der Waals surface area contributed by atoms with Gasteiger partial charge in [-0.25, -0.2) is 9.97 Å². The van der Waals surface area contributed by atoms with Crippen LogP contribution in [0, 0.1) is 5.92 Å². The van der Waals surface area contributed by atoms with Crippen molar-refractivity contribution in [3.63, 3.8) is 0 Å². The molecule has 0 aliphatic heterocycles. The van der Waals surface area contributed by atoms with Gasteiger partial charge in [-0.15, -0.1) is 0 Å². The number of aromatic hydroxyl groups is 1. The van der Waals surface area contributed by atoms with Crippen LogP contribution in [0.15, 0.2) is 30.6 Å². The van der Waals surface area contributed by atoms with Crippen LogP contribution >= 0.6 is 0 Å². The van der Waals surface area contributed by atoms with Crippen molar-refractivity contribution in [3.8, 4) is 17.5 Å². The predicted octanol–water partition coefficient (Wildman–Crippen LogP) is 3.36. The van der Waals surface area contributed by atoms with Crippen molar-refractivity contribution in [2.45, 2.75) is 31.6 Å². The minimum Gasteiger partial charge on any atom is -0.493 e. The minimum absolute atomic E-state index is 0.190. The molecule has 1 aliphatic carbocycles. The first kappa shape index (κ1) is 17.2. The van der Waals surface area contributed by atoms with E-state index < -0.39 is 0 Å². The van der Waals surface area contributed by atoms with Gasteiger partial charge < -0.3 is 14.6 Å². The maximum Gasteiger partial charge on any atom is 0.216 e. The summed E-state index contributed by atoms with van der Waals surface area (Å²) in [6, 6.07) is 5.30. The highest BCUT2D eigenvalue weighted by molar-refractivity contribution is 5.79. The Balaban J connectivity index is 1.77. The first-order chi connectivity index (χ1) is 12.2. The van der Waals surface area contributed by atoms with Crippen molar-refractivity contribution in [1.29, 1.82) is 0 Å². The van der Waals surface area contributed by atoms with E-state index in [4.69, 9.17) is 9.47 Å². The molecule has 2 atom stereocenters. The molecule has 6 heteroatoms. The summed E-state index contributed by atoms with van der Waals surface area (Å²) >= 11 is 0. The van der Waals surface area contributed by atoms with Crippen molar-refractivity contribution in [2.24, 2.45) is 5.92 Å². The van der Waals surface area contributed by atoms with Gasteiger partial charge in [-0.1, -0.05) is 18.9 Å². The molecule has 2 heterocycles. The van der Waals surface area contributed by atoms with Crippen LogP contribution in [-0.2, 0) is 0 Å². The van der Waals surface area contributed by atoms with E-state index in [0.29, 0.717) is 41.9 Å². The second-order valence-electron chi connectivity index (χ2n) is 6.26. The quantitative estimate of drug-likeness (QED) is 0.811. The monoisotopic (exact) mass is 342 g/mol. The van der Waals surface area contributed by atoms with E-state index in [2.05, 4.69) is 16.0 Å². The molecule has 0 saturated heterocycles. The number of carbonyl (C=O) groups excluding carboxylic acids is 1. The van der Waals surface area contributed by atoms with E-state index in [1.807, 2.05) is 6.07 Å². The smallest absolute Gasteiger partial charge is 0.216 e. The summed E-state index contributed by atoms with van der Waals surface area (Å²) in [4.78, 5) is 19.3. The second-order valence-corrected chi connectivity index (χ2v) is 6.26. The summed E-state index contributed by atoms with van der Waals surface area (Å²) in [6.45, 7) is 0.482. The number of methoxy groups -OCH3 is 1. The molecule has 2 aromatic heterocycles. The van der Waals surface area contributed by atoms with Gasteiger partial charge in [-0.05, 0) is 24.8 Å². The molecule has 2 unspecified atom stereocenters. The highest BCUT2D eigenvalue weighted by Gasteiger charge is 2.29. The molecule has 1 N–H and O–H groups in total. The lowest BCUT2D eigenvalue weighted by Gasteiger charge is -2.32. The largest absolute Gasteiger partial charge is 0.493 e. The number of aromatic nitrogens is 2. The predicted molar refractivity (Wildman–Crippen MR) is 92.3 cm³/mol. The third-order valence-electron chi connectivity index (χ3n) is 4.77. The molecule has 6 nitrogen and oxygen atoms in total. The standard InChI is InChI=1S/C19H22N2O4/c1-24-19-16(7-4-8-20-19)15-6-3-2-5-13(15)12-25-17-10-21-18(23)9-14(17)11-22/h4,7-11,13,15H,2-3,5-6,12H2,1H3,(H,21,23). The number of aldehydes is 1. The van der Waals surface area contributed by atoms with E-state index in [1.54, 1.807) is 13.3 Å². The lowest BCUT2D eigenvalue weighted by atomic mass is 9.76. The van der Waals surface area contributed by atoms with Gasteiger partial charge in [0.05, 0.1) is 25.5 Å². The number of hydrogen-bond donors (Lipinski definition) is 1. The summed E-state index contributed by atoms with van der Waals surface area (Å²) in [5.41, 5.74) is 1.41. The number of rotatable bonds is 6. The Kier molecular flexibility index (Phi) is 5.48. The fourth-order valence-electron chi connectivity index (χ4n) is 3.53. The molecule has 1 aliphatic rings. The fraction of sp³-hybridized carbons (Fsp3) is 0.421. The normalized spacial score (nSPS) is 20.0. The van der Waals surface area contributed by atoms with Gasteiger partial charge in [0.1, 0.15) is 5.75 Å². The average molecular weight is 342 g/mol. The number of carbonyl (C=O) groups is 1. The SMILES string of the molecule is COc1ncccc1C1CCCCC1COc1cnc(O)cc1C=O. The summed E-state index contributed by atoms with van der Waals surface area (Å²) < 4.78 is 11.3. The molecule has 2 aromatic rings. The number of nitrogens with zero attached hydrogens (tertiary/aromatic N) is 2. The van der Waals surface area contributed by atoms with Crippen LogP contribution in [-0.4, -0.2) is 35.1 Å². The Morgan fingerprint density at radius 1 is 1.32 bits per heavy atom. The Morgan fingerprint density at radius 3 is 2.96 bits per heavy atom. The summed E-state index contributed by atoms with van der Waals surface area (Å²) in [6.07, 6.45) is 8.21. The van der Waals surface area contributed by atoms with Crippen LogP contribution in [0.25, 0.3) is 0 Å². The molecular formula is C19H22N2O4. The molecule has 0 spiro atoms. The lowest BCUT2D eigenvalue weighted by Crippen LogP contribution is -2.24. The molecule has 0 bridgehead atoms. The molecular weight excluding hydrogens is 320 g/mol. The summed E-state index contributed by atoms with van der Waals surface area (Å²) in [5.74, 6) is 1.49. The molecule has 132 valence electrons. The molecule has 0 radical (unpaired) electrons. The highest BCUT2D eigenvalue weighted by Crippen LogP contribution is 2.41. The van der Waals surface area contributed by atoms with Crippen LogP contribution in [0.2, 0.25) is 0 Å². The Bertz CT molecular complexity index is 735. The lowest BCUT2D eigenvalue weighted by molar-refractivity contribution is 0.111. The van der Waals surface area contributed by atoms with Crippen molar-refractivity contribution >= 4 is 6.29 Å². The van der Waals surface area contributed by atoms with E-state index >= 15 is 0 Å². The van der Waals surface area contributed by atoms with Gasteiger partial charge in [0.15, 0.2) is 6.29 Å². The van der Waals surface area contributed by atoms with Crippen molar-refractivity contribution in [3.05, 3.63) is 41.7 Å². The van der Waals surface area contributed by atoms with Crippen molar-refractivity contribution < 1.29 is 19.4 Å². The van der Waals surface area contributed by atoms with Crippen LogP contribution in [0.4, 0.5) is 0 Å². The average Bonchev–Trinajstić information content (AvgIpc) is 2.67. The van der Waals surface area contributed by atoms with Gasteiger partial charge in [-0.3, -0.25) is 4.79 Å². The highest BCUT2D eigenvalue weighted by atomic mass is 16.5. The van der Waals surface area contributed by atoms with Gasteiger partial charge in [0.2, 0.25) is 11.8 Å². The third-order valence-corrected chi connectivity index (χ3v) is 4.77.